The SMILES string of the molecule is CC[C@H](c1cc(OC)c(OC)cc1Br)N1CCNCC1.Cl.Cl. The van der Waals surface area contributed by atoms with Gasteiger partial charge >= 0.3 is 0 Å². The van der Waals surface area contributed by atoms with Gasteiger partial charge in [0.05, 0.1) is 14.2 Å². The maximum absolute atomic E-state index is 5.44. The van der Waals surface area contributed by atoms with E-state index in [1.54, 1.807) is 14.2 Å². The molecule has 1 aromatic carbocycles. The Kier molecular flexibility index (Phi) is 10.5. The fraction of sp³-hybridized carbons (Fsp3) is 0.600. The number of methoxy groups -OCH3 is 2. The largest absolute Gasteiger partial charge is 0.493 e. The Hall–Kier alpha value is -0.200. The number of hydrogen-bond acceptors (Lipinski definition) is 4. The van der Waals surface area contributed by atoms with Crippen LogP contribution in [0.4, 0.5) is 0 Å². The van der Waals surface area contributed by atoms with Gasteiger partial charge in [0.1, 0.15) is 0 Å². The third-order valence-electron chi connectivity index (χ3n) is 3.84. The van der Waals surface area contributed by atoms with Crippen LogP contribution in [0.3, 0.4) is 0 Å². The van der Waals surface area contributed by atoms with E-state index in [4.69, 9.17) is 9.47 Å². The van der Waals surface area contributed by atoms with Gasteiger partial charge < -0.3 is 14.8 Å². The maximum atomic E-state index is 5.44. The van der Waals surface area contributed by atoms with Crippen LogP contribution in [0.2, 0.25) is 0 Å². The van der Waals surface area contributed by atoms with Crippen LogP contribution in [0, 0.1) is 0 Å². The lowest BCUT2D eigenvalue weighted by Gasteiger charge is -2.35. The summed E-state index contributed by atoms with van der Waals surface area (Å²) in [6, 6.07) is 4.50. The monoisotopic (exact) mass is 414 g/mol. The number of nitrogens with zero attached hydrogens (tertiary/aromatic N) is 1. The van der Waals surface area contributed by atoms with E-state index in [9.17, 15) is 0 Å². The molecule has 128 valence electrons. The molecule has 0 amide bonds. The second-order valence-corrected chi connectivity index (χ2v) is 5.79. The predicted molar refractivity (Wildman–Crippen MR) is 99.2 cm³/mol. The van der Waals surface area contributed by atoms with Gasteiger partial charge in [-0.2, -0.15) is 0 Å². The van der Waals surface area contributed by atoms with Gasteiger partial charge in [-0.3, -0.25) is 4.90 Å². The maximum Gasteiger partial charge on any atom is 0.161 e. The third-order valence-corrected chi connectivity index (χ3v) is 4.53. The fourth-order valence-corrected chi connectivity index (χ4v) is 3.38. The highest BCUT2D eigenvalue weighted by Gasteiger charge is 2.24. The van der Waals surface area contributed by atoms with Gasteiger partial charge in [0.15, 0.2) is 11.5 Å². The molecule has 22 heavy (non-hydrogen) atoms. The van der Waals surface area contributed by atoms with Crippen molar-refractivity contribution in [2.75, 3.05) is 40.4 Å². The molecule has 0 unspecified atom stereocenters. The van der Waals surface area contributed by atoms with E-state index in [0.29, 0.717) is 6.04 Å². The van der Waals surface area contributed by atoms with Crippen molar-refractivity contribution in [3.8, 4) is 11.5 Å². The lowest BCUT2D eigenvalue weighted by atomic mass is 10.0. The number of hydrogen-bond donors (Lipinski definition) is 1. The lowest BCUT2D eigenvalue weighted by Crippen LogP contribution is -2.45. The van der Waals surface area contributed by atoms with Crippen molar-refractivity contribution in [2.45, 2.75) is 19.4 Å². The second kappa shape index (κ2) is 10.6. The van der Waals surface area contributed by atoms with Crippen molar-refractivity contribution in [2.24, 2.45) is 0 Å². The first-order chi connectivity index (χ1) is 9.71. The molecule has 0 aromatic heterocycles. The predicted octanol–water partition coefficient (Wildman–Crippen LogP) is 3.67. The van der Waals surface area contributed by atoms with Crippen LogP contribution in [-0.2, 0) is 0 Å². The Labute approximate surface area is 153 Å². The zero-order valence-electron chi connectivity index (χ0n) is 13.2. The second-order valence-electron chi connectivity index (χ2n) is 4.94. The molecule has 1 atom stereocenters. The number of benzene rings is 1. The average Bonchev–Trinajstić information content (AvgIpc) is 2.50. The van der Waals surface area contributed by atoms with Crippen LogP contribution in [0.1, 0.15) is 24.9 Å². The molecule has 1 fully saturated rings. The standard InChI is InChI=1S/C15H23BrN2O2.2ClH/c1-4-13(18-7-5-17-6-8-18)11-9-14(19-2)15(20-3)10-12(11)16;;/h9-10,13,17H,4-8H2,1-3H3;2*1H/t13-;;/m1../s1. The highest BCUT2D eigenvalue weighted by Crippen LogP contribution is 2.38. The van der Waals surface area contributed by atoms with E-state index in [1.165, 1.54) is 5.56 Å². The van der Waals surface area contributed by atoms with E-state index in [2.05, 4.69) is 39.1 Å². The van der Waals surface area contributed by atoms with Crippen molar-refractivity contribution in [3.63, 3.8) is 0 Å². The van der Waals surface area contributed by atoms with Gasteiger partial charge in [-0.25, -0.2) is 0 Å². The fourth-order valence-electron chi connectivity index (χ4n) is 2.79. The van der Waals surface area contributed by atoms with Crippen LogP contribution < -0.4 is 14.8 Å². The summed E-state index contributed by atoms with van der Waals surface area (Å²) in [5, 5.41) is 3.40. The normalized spacial score (nSPS) is 16.2. The van der Waals surface area contributed by atoms with Crippen LogP contribution in [0.5, 0.6) is 11.5 Å². The first-order valence-electron chi connectivity index (χ1n) is 7.07. The van der Waals surface area contributed by atoms with E-state index < -0.39 is 0 Å². The Balaban J connectivity index is 0.00000220. The Morgan fingerprint density at radius 3 is 2.18 bits per heavy atom. The van der Waals surface area contributed by atoms with Gasteiger partial charge in [0.2, 0.25) is 0 Å². The minimum absolute atomic E-state index is 0. The van der Waals surface area contributed by atoms with Gasteiger partial charge in [-0.05, 0) is 24.1 Å². The summed E-state index contributed by atoms with van der Waals surface area (Å²) in [5.74, 6) is 1.55. The van der Waals surface area contributed by atoms with Gasteiger partial charge in [-0.1, -0.05) is 22.9 Å². The highest BCUT2D eigenvalue weighted by molar-refractivity contribution is 9.10. The zero-order valence-corrected chi connectivity index (χ0v) is 16.4. The molecule has 1 N–H and O–H groups in total. The zero-order chi connectivity index (χ0) is 14.5. The van der Waals surface area contributed by atoms with Crippen molar-refractivity contribution in [1.82, 2.24) is 10.2 Å². The van der Waals surface area contributed by atoms with Gasteiger partial charge in [0.25, 0.3) is 0 Å². The average molecular weight is 416 g/mol. The van der Waals surface area contributed by atoms with Crippen molar-refractivity contribution >= 4 is 40.7 Å². The summed E-state index contributed by atoms with van der Waals surface area (Å²) >= 11 is 3.68. The lowest BCUT2D eigenvalue weighted by molar-refractivity contribution is 0.168. The van der Waals surface area contributed by atoms with Crippen molar-refractivity contribution < 1.29 is 9.47 Å². The molecule has 0 radical (unpaired) electrons. The third kappa shape index (κ3) is 4.90. The Bertz CT molecular complexity index is 457. The first-order valence-corrected chi connectivity index (χ1v) is 7.86. The smallest absolute Gasteiger partial charge is 0.161 e. The topological polar surface area (TPSA) is 33.7 Å². The van der Waals surface area contributed by atoms with Crippen LogP contribution in [0.15, 0.2) is 16.6 Å². The molecule has 0 aliphatic carbocycles. The quantitative estimate of drug-likeness (QED) is 0.795. The molecule has 1 aliphatic rings. The molecular formula is C15H25BrCl2N2O2. The van der Waals surface area contributed by atoms with E-state index in [-0.39, 0.29) is 24.8 Å². The molecule has 0 saturated carbocycles. The molecule has 1 heterocycles. The summed E-state index contributed by atoms with van der Waals surface area (Å²) in [6.07, 6.45) is 1.08. The van der Waals surface area contributed by atoms with E-state index >= 15 is 0 Å². The minimum Gasteiger partial charge on any atom is -0.493 e. The summed E-state index contributed by atoms with van der Waals surface area (Å²) < 4.78 is 11.9. The summed E-state index contributed by atoms with van der Waals surface area (Å²) in [6.45, 7) is 6.51. The molecule has 1 saturated heterocycles. The van der Waals surface area contributed by atoms with Crippen LogP contribution >= 0.6 is 40.7 Å². The molecule has 7 heteroatoms. The molecule has 1 aliphatic heterocycles. The summed E-state index contributed by atoms with van der Waals surface area (Å²) in [5.41, 5.74) is 1.27. The molecule has 0 spiro atoms. The minimum atomic E-state index is 0. The highest BCUT2D eigenvalue weighted by atomic mass is 79.9. The van der Waals surface area contributed by atoms with E-state index in [1.807, 2.05) is 6.07 Å². The summed E-state index contributed by atoms with van der Waals surface area (Å²) in [7, 11) is 3.35. The molecule has 2 rings (SSSR count). The summed E-state index contributed by atoms with van der Waals surface area (Å²) in [4.78, 5) is 2.53. The van der Waals surface area contributed by atoms with Crippen LogP contribution in [0.25, 0.3) is 0 Å². The number of halogens is 3. The van der Waals surface area contributed by atoms with Gasteiger partial charge in [0, 0.05) is 36.7 Å². The molecular weight excluding hydrogens is 391 g/mol. The van der Waals surface area contributed by atoms with Crippen molar-refractivity contribution in [3.05, 3.63) is 22.2 Å². The van der Waals surface area contributed by atoms with Crippen molar-refractivity contribution in [1.29, 1.82) is 0 Å². The number of ether oxygens (including phenoxy) is 2. The van der Waals surface area contributed by atoms with E-state index in [0.717, 1.165) is 48.6 Å². The Morgan fingerprint density at radius 1 is 1.14 bits per heavy atom. The number of rotatable bonds is 5. The molecule has 0 bridgehead atoms. The molecule has 1 aromatic rings. The van der Waals surface area contributed by atoms with Crippen LogP contribution in [-0.4, -0.2) is 45.3 Å². The number of piperazine rings is 1. The first kappa shape index (κ1) is 21.8. The Morgan fingerprint density at radius 2 is 1.68 bits per heavy atom. The van der Waals surface area contributed by atoms with Gasteiger partial charge in [-0.15, -0.1) is 24.8 Å². The molecule has 4 nitrogen and oxygen atoms in total. The number of nitrogens with one attached hydrogen (secondary N) is 1.